The van der Waals surface area contributed by atoms with Gasteiger partial charge in [-0.25, -0.2) is 8.78 Å². The number of carbonyl (C=O) groups excluding carboxylic acids is 1. The summed E-state index contributed by atoms with van der Waals surface area (Å²) < 4.78 is 40.1. The number of rotatable bonds is 10. The van der Waals surface area contributed by atoms with E-state index in [0.717, 1.165) is 30.5 Å². The number of amidine groups is 1. The maximum atomic E-state index is 14.7. The van der Waals surface area contributed by atoms with E-state index in [1.54, 1.807) is 31.2 Å². The zero-order valence-electron chi connectivity index (χ0n) is 16.7. The summed E-state index contributed by atoms with van der Waals surface area (Å²) in [5, 5.41) is 10.0. The van der Waals surface area contributed by atoms with Gasteiger partial charge in [-0.2, -0.15) is 0 Å². The number of nitrogen functional groups attached to an aromatic ring is 1. The first-order valence-electron chi connectivity index (χ1n) is 9.83. The molecule has 0 aromatic heterocycles. The summed E-state index contributed by atoms with van der Waals surface area (Å²) in [4.78, 5) is 12.6. The fourth-order valence-corrected chi connectivity index (χ4v) is 2.93. The molecule has 0 saturated heterocycles. The lowest BCUT2D eigenvalue weighted by Crippen LogP contribution is -2.31. The van der Waals surface area contributed by atoms with Gasteiger partial charge in [0.1, 0.15) is 23.2 Å². The smallest absolute Gasteiger partial charge is 0.254 e. The first kappa shape index (κ1) is 21.7. The molecule has 8 heteroatoms. The summed E-state index contributed by atoms with van der Waals surface area (Å²) in [6.45, 7) is 2.30. The van der Waals surface area contributed by atoms with Crippen molar-refractivity contribution < 1.29 is 23.0 Å². The predicted molar refractivity (Wildman–Crippen MR) is 108 cm³/mol. The van der Waals surface area contributed by atoms with Crippen molar-refractivity contribution in [2.45, 2.75) is 32.4 Å². The van der Waals surface area contributed by atoms with Gasteiger partial charge in [-0.3, -0.25) is 10.2 Å². The van der Waals surface area contributed by atoms with Crippen LogP contribution < -0.4 is 15.8 Å². The van der Waals surface area contributed by atoms with E-state index < -0.39 is 29.2 Å². The van der Waals surface area contributed by atoms with Gasteiger partial charge in [0.05, 0.1) is 12.2 Å². The summed E-state index contributed by atoms with van der Waals surface area (Å²) >= 11 is 0. The van der Waals surface area contributed by atoms with Crippen LogP contribution in [0, 0.1) is 23.0 Å². The van der Waals surface area contributed by atoms with Crippen LogP contribution in [0.4, 0.5) is 8.78 Å². The lowest BCUT2D eigenvalue weighted by atomic mass is 10.1. The third-order valence-corrected chi connectivity index (χ3v) is 4.80. The molecule has 4 N–H and O–H groups in total. The summed E-state index contributed by atoms with van der Waals surface area (Å²) in [6.07, 6.45) is 0.698. The van der Waals surface area contributed by atoms with Gasteiger partial charge in [-0.1, -0.05) is 24.3 Å². The van der Waals surface area contributed by atoms with E-state index in [2.05, 4.69) is 5.32 Å². The number of halogens is 2. The van der Waals surface area contributed by atoms with Crippen molar-refractivity contribution in [2.24, 2.45) is 11.7 Å². The molecule has 1 atom stereocenters. The number of carbonyl (C=O) groups is 1. The van der Waals surface area contributed by atoms with E-state index >= 15 is 0 Å². The van der Waals surface area contributed by atoms with Crippen LogP contribution in [0.25, 0.3) is 0 Å². The van der Waals surface area contributed by atoms with Crippen molar-refractivity contribution >= 4 is 11.7 Å². The van der Waals surface area contributed by atoms with Crippen LogP contribution in [-0.2, 0) is 16.1 Å². The Morgan fingerprint density at radius 3 is 2.40 bits per heavy atom. The highest BCUT2D eigenvalue weighted by Crippen LogP contribution is 2.32. The Morgan fingerprint density at radius 1 is 1.23 bits per heavy atom. The highest BCUT2D eigenvalue weighted by atomic mass is 19.1. The van der Waals surface area contributed by atoms with Gasteiger partial charge in [0.2, 0.25) is 0 Å². The van der Waals surface area contributed by atoms with Gasteiger partial charge in [0, 0.05) is 30.8 Å². The van der Waals surface area contributed by atoms with Crippen molar-refractivity contribution in [3.63, 3.8) is 0 Å². The van der Waals surface area contributed by atoms with Gasteiger partial charge < -0.3 is 20.5 Å². The molecule has 6 nitrogen and oxygen atoms in total. The maximum Gasteiger partial charge on any atom is 0.254 e. The molecule has 0 heterocycles. The highest BCUT2D eigenvalue weighted by molar-refractivity contribution is 5.94. The number of nitrogens with one attached hydrogen (secondary N) is 2. The Balaban J connectivity index is 1.70. The number of hydrogen-bond donors (Lipinski definition) is 3. The monoisotopic (exact) mass is 417 g/mol. The molecule has 2 aromatic carbocycles. The predicted octanol–water partition coefficient (Wildman–Crippen LogP) is 3.43. The zero-order chi connectivity index (χ0) is 21.7. The molecule has 0 unspecified atom stereocenters. The van der Waals surface area contributed by atoms with Crippen LogP contribution in [0.3, 0.4) is 0 Å². The van der Waals surface area contributed by atoms with Crippen LogP contribution in [0.1, 0.15) is 42.6 Å². The molecule has 1 aliphatic rings. The van der Waals surface area contributed by atoms with Crippen LogP contribution >= 0.6 is 0 Å². The first-order valence-corrected chi connectivity index (χ1v) is 9.83. The molecule has 0 spiro atoms. The number of hydrogen-bond acceptors (Lipinski definition) is 4. The Morgan fingerprint density at radius 2 is 1.87 bits per heavy atom. The van der Waals surface area contributed by atoms with Crippen molar-refractivity contribution in [1.29, 1.82) is 5.41 Å². The molecule has 160 valence electrons. The highest BCUT2D eigenvalue weighted by Gasteiger charge is 2.29. The molecule has 1 fully saturated rings. The second-order valence-corrected chi connectivity index (χ2v) is 7.22. The van der Waals surface area contributed by atoms with Gasteiger partial charge in [-0.15, -0.1) is 0 Å². The SMILES string of the molecule is CCO[C@H](C(=O)NCc1ccc(C(=N)N)cc1)c1c(F)cc(OCC2CC2)cc1F. The Hall–Kier alpha value is -3.00. The van der Waals surface area contributed by atoms with E-state index in [-0.39, 0.29) is 24.7 Å². The van der Waals surface area contributed by atoms with Crippen LogP contribution in [0.5, 0.6) is 5.75 Å². The molecule has 3 rings (SSSR count). The molecule has 0 radical (unpaired) electrons. The number of nitrogens with two attached hydrogens (primary N) is 1. The largest absolute Gasteiger partial charge is 0.493 e. The minimum atomic E-state index is -1.43. The average Bonchev–Trinajstić information content (AvgIpc) is 3.54. The van der Waals surface area contributed by atoms with Crippen molar-refractivity contribution in [1.82, 2.24) is 5.32 Å². The molecule has 1 aliphatic carbocycles. The second kappa shape index (κ2) is 9.67. The molecule has 30 heavy (non-hydrogen) atoms. The van der Waals surface area contributed by atoms with E-state index in [0.29, 0.717) is 18.1 Å². The van der Waals surface area contributed by atoms with E-state index in [1.807, 2.05) is 0 Å². The van der Waals surface area contributed by atoms with Gasteiger partial charge >= 0.3 is 0 Å². The summed E-state index contributed by atoms with van der Waals surface area (Å²) in [5.41, 5.74) is 6.28. The van der Waals surface area contributed by atoms with Gasteiger partial charge in [0.25, 0.3) is 5.91 Å². The lowest BCUT2D eigenvalue weighted by molar-refractivity contribution is -0.133. The summed E-state index contributed by atoms with van der Waals surface area (Å²) in [6, 6.07) is 8.90. The van der Waals surface area contributed by atoms with Crippen molar-refractivity contribution in [3.05, 3.63) is 64.7 Å². The third kappa shape index (κ3) is 5.54. The van der Waals surface area contributed by atoms with E-state index in [9.17, 15) is 13.6 Å². The van der Waals surface area contributed by atoms with Crippen LogP contribution in [0.15, 0.2) is 36.4 Å². The Labute approximate surface area is 173 Å². The number of amides is 1. The molecule has 0 aliphatic heterocycles. The van der Waals surface area contributed by atoms with E-state index in [1.165, 1.54) is 0 Å². The standard InChI is InChI=1S/C22H25F2N3O3/c1-2-29-20(22(28)27-11-13-5-7-15(8-6-13)21(25)26)19-17(23)9-16(10-18(19)24)30-12-14-3-4-14/h5-10,14,20H,2-4,11-12H2,1H3,(H3,25,26)(H,27,28)/t20-/m0/s1. The number of benzene rings is 2. The topological polar surface area (TPSA) is 97.4 Å². The minimum Gasteiger partial charge on any atom is -0.493 e. The maximum absolute atomic E-state index is 14.7. The van der Waals surface area contributed by atoms with Crippen LogP contribution in [-0.4, -0.2) is 25.0 Å². The fourth-order valence-electron chi connectivity index (χ4n) is 2.93. The molecule has 1 saturated carbocycles. The third-order valence-electron chi connectivity index (χ3n) is 4.80. The molecule has 0 bridgehead atoms. The average molecular weight is 417 g/mol. The van der Waals surface area contributed by atoms with Crippen molar-refractivity contribution in [2.75, 3.05) is 13.2 Å². The molecular weight excluding hydrogens is 392 g/mol. The Kier molecular flexibility index (Phi) is 6.99. The number of ether oxygens (including phenoxy) is 2. The van der Waals surface area contributed by atoms with Gasteiger partial charge in [0.15, 0.2) is 6.10 Å². The molecule has 1 amide bonds. The van der Waals surface area contributed by atoms with Gasteiger partial charge in [-0.05, 0) is 31.2 Å². The van der Waals surface area contributed by atoms with Crippen LogP contribution in [0.2, 0.25) is 0 Å². The Bertz CT molecular complexity index is 891. The first-order chi connectivity index (χ1) is 14.4. The summed E-state index contributed by atoms with van der Waals surface area (Å²) in [5.74, 6) is -1.95. The molecule has 2 aromatic rings. The quantitative estimate of drug-likeness (QED) is 0.408. The summed E-state index contributed by atoms with van der Waals surface area (Å²) in [7, 11) is 0. The van der Waals surface area contributed by atoms with E-state index in [4.69, 9.17) is 20.6 Å². The van der Waals surface area contributed by atoms with Crippen molar-refractivity contribution in [3.8, 4) is 5.75 Å². The minimum absolute atomic E-state index is 0.0579. The second-order valence-electron chi connectivity index (χ2n) is 7.22. The zero-order valence-corrected chi connectivity index (χ0v) is 16.7. The normalized spacial score (nSPS) is 14.2. The molecular formula is C22H25F2N3O3. The lowest BCUT2D eigenvalue weighted by Gasteiger charge is -2.19. The fraction of sp³-hybridized carbons (Fsp3) is 0.364.